The lowest BCUT2D eigenvalue weighted by Gasteiger charge is -2.17. The lowest BCUT2D eigenvalue weighted by atomic mass is 9.99. The van der Waals surface area contributed by atoms with Crippen molar-refractivity contribution in [3.63, 3.8) is 0 Å². The average Bonchev–Trinajstić information content (AvgIpc) is 2.67. The molecule has 5 nitrogen and oxygen atoms in total. The van der Waals surface area contributed by atoms with Gasteiger partial charge in [0.05, 0.1) is 18.3 Å². The molecule has 3 unspecified atom stereocenters. The Morgan fingerprint density at radius 1 is 0.741 bits per heavy atom. The van der Waals surface area contributed by atoms with E-state index in [4.69, 9.17) is 4.74 Å². The summed E-state index contributed by atoms with van der Waals surface area (Å²) < 4.78 is 4.99. The third-order valence-electron chi connectivity index (χ3n) is 5.09. The van der Waals surface area contributed by atoms with Crippen molar-refractivity contribution >= 4 is 5.97 Å². The highest BCUT2D eigenvalue weighted by molar-refractivity contribution is 5.69. The average molecular weight is 389 g/mol. The topological polar surface area (TPSA) is 87.0 Å². The summed E-state index contributed by atoms with van der Waals surface area (Å²) in [6, 6.07) is 0. The molecule has 0 aromatic carbocycles. The highest BCUT2D eigenvalue weighted by Gasteiger charge is 2.15. The van der Waals surface area contributed by atoms with E-state index in [0.717, 1.165) is 44.9 Å². The zero-order valence-corrected chi connectivity index (χ0v) is 17.7. The van der Waals surface area contributed by atoms with Crippen molar-refractivity contribution in [1.82, 2.24) is 0 Å². The second-order valence-corrected chi connectivity index (χ2v) is 7.74. The summed E-state index contributed by atoms with van der Waals surface area (Å²) in [7, 11) is 0. The summed E-state index contributed by atoms with van der Waals surface area (Å²) in [5.74, 6) is -0.240. The van der Waals surface area contributed by atoms with Gasteiger partial charge in [-0.25, -0.2) is 0 Å². The molecule has 0 rings (SSSR count). The van der Waals surface area contributed by atoms with Crippen molar-refractivity contribution in [2.45, 2.75) is 128 Å². The number of aliphatic hydroxyl groups excluding tert-OH is 3. The van der Waals surface area contributed by atoms with E-state index in [1.165, 1.54) is 25.7 Å². The molecule has 0 aromatic rings. The molecule has 0 radical (unpaired) electrons. The van der Waals surface area contributed by atoms with E-state index in [1.807, 2.05) is 6.92 Å². The number of rotatable bonds is 19. The van der Waals surface area contributed by atoms with Gasteiger partial charge in [-0.15, -0.1) is 0 Å². The number of carbonyl (C=O) groups is 1. The molecule has 162 valence electrons. The second kappa shape index (κ2) is 18.7. The van der Waals surface area contributed by atoms with Crippen LogP contribution in [0.15, 0.2) is 0 Å². The van der Waals surface area contributed by atoms with Crippen LogP contribution < -0.4 is 0 Å². The van der Waals surface area contributed by atoms with Gasteiger partial charge in [0.2, 0.25) is 0 Å². The summed E-state index contributed by atoms with van der Waals surface area (Å²) in [5.41, 5.74) is 0. The second-order valence-electron chi connectivity index (χ2n) is 7.74. The van der Waals surface area contributed by atoms with Crippen LogP contribution >= 0.6 is 0 Å². The molecular formula is C22H44O5. The molecule has 3 atom stereocenters. The molecule has 0 bridgehead atoms. The number of aliphatic hydroxyl groups is 3. The first kappa shape index (κ1) is 26.4. The Bertz CT molecular complexity index is 335. The number of hydrogen-bond donors (Lipinski definition) is 3. The summed E-state index contributed by atoms with van der Waals surface area (Å²) in [4.78, 5) is 11.5. The molecule has 0 saturated heterocycles. The van der Waals surface area contributed by atoms with Gasteiger partial charge < -0.3 is 20.1 Å². The lowest BCUT2D eigenvalue weighted by Crippen LogP contribution is -2.25. The highest BCUT2D eigenvalue weighted by Crippen LogP contribution is 2.15. The van der Waals surface area contributed by atoms with Gasteiger partial charge in [-0.05, 0) is 25.7 Å². The zero-order valence-electron chi connectivity index (χ0n) is 17.7. The normalized spacial score (nSPS) is 14.7. The van der Waals surface area contributed by atoms with Gasteiger partial charge >= 0.3 is 5.97 Å². The zero-order chi connectivity index (χ0) is 20.3. The molecule has 27 heavy (non-hydrogen) atoms. The fourth-order valence-corrected chi connectivity index (χ4v) is 3.05. The van der Waals surface area contributed by atoms with Crippen LogP contribution in [-0.2, 0) is 9.53 Å². The maximum atomic E-state index is 11.5. The Kier molecular flexibility index (Phi) is 18.3. The van der Waals surface area contributed by atoms with Gasteiger partial charge in [-0.2, -0.15) is 0 Å². The number of carbonyl (C=O) groups excluding carboxylic acids is 1. The van der Waals surface area contributed by atoms with Crippen molar-refractivity contribution in [3.8, 4) is 0 Å². The molecule has 0 saturated carbocycles. The highest BCUT2D eigenvalue weighted by atomic mass is 16.5. The van der Waals surface area contributed by atoms with E-state index in [0.29, 0.717) is 25.7 Å². The predicted octanol–water partition coefficient (Wildman–Crippen LogP) is 4.50. The molecule has 5 heteroatoms. The first-order valence-corrected chi connectivity index (χ1v) is 11.2. The number of ether oxygens (including phenoxy) is 1. The Morgan fingerprint density at radius 3 is 1.74 bits per heavy atom. The third kappa shape index (κ3) is 17.2. The number of esters is 1. The predicted molar refractivity (Wildman–Crippen MR) is 110 cm³/mol. The van der Waals surface area contributed by atoms with Crippen LogP contribution in [-0.4, -0.2) is 46.2 Å². The molecule has 0 aliphatic rings. The van der Waals surface area contributed by atoms with Crippen LogP contribution in [0, 0.1) is 0 Å². The van der Waals surface area contributed by atoms with E-state index in [9.17, 15) is 20.1 Å². The summed E-state index contributed by atoms with van der Waals surface area (Å²) >= 11 is 0. The van der Waals surface area contributed by atoms with Crippen molar-refractivity contribution < 1.29 is 24.9 Å². The molecule has 0 aromatic heterocycles. The van der Waals surface area contributed by atoms with Gasteiger partial charge in [0.15, 0.2) is 0 Å². The van der Waals surface area contributed by atoms with Gasteiger partial charge in [0, 0.05) is 6.42 Å². The summed E-state index contributed by atoms with van der Waals surface area (Å²) in [6.45, 7) is 4.14. The quantitative estimate of drug-likeness (QED) is 0.224. The third-order valence-corrected chi connectivity index (χ3v) is 5.09. The van der Waals surface area contributed by atoms with E-state index >= 15 is 0 Å². The molecular weight excluding hydrogens is 344 g/mol. The Balaban J connectivity index is 3.46. The maximum Gasteiger partial charge on any atom is 0.305 e. The standard InChI is InChI=1S/C22H44O5/c1-3-5-6-7-9-12-15-20(24)21(25)16-13-10-8-11-14-17-22(26)27-18-19(23)4-2/h19-21,23-25H,3-18H2,1-2H3. The number of unbranched alkanes of at least 4 members (excludes halogenated alkanes) is 9. The summed E-state index contributed by atoms with van der Waals surface area (Å²) in [5, 5.41) is 29.4. The van der Waals surface area contributed by atoms with Gasteiger partial charge in [0.25, 0.3) is 0 Å². The minimum absolute atomic E-state index is 0.0916. The van der Waals surface area contributed by atoms with Crippen molar-refractivity contribution in [1.29, 1.82) is 0 Å². The Hall–Kier alpha value is -0.650. The number of hydrogen-bond acceptors (Lipinski definition) is 5. The maximum absolute atomic E-state index is 11.5. The molecule has 0 amide bonds. The van der Waals surface area contributed by atoms with Gasteiger partial charge in [-0.3, -0.25) is 4.79 Å². The monoisotopic (exact) mass is 388 g/mol. The Labute approximate surface area is 166 Å². The van der Waals surface area contributed by atoms with Crippen molar-refractivity contribution in [2.24, 2.45) is 0 Å². The van der Waals surface area contributed by atoms with Crippen LogP contribution in [0.1, 0.15) is 110 Å². The van der Waals surface area contributed by atoms with Crippen LogP contribution in [0.25, 0.3) is 0 Å². The molecule has 3 N–H and O–H groups in total. The van der Waals surface area contributed by atoms with Crippen LogP contribution in [0.4, 0.5) is 0 Å². The van der Waals surface area contributed by atoms with Crippen LogP contribution in [0.5, 0.6) is 0 Å². The van der Waals surface area contributed by atoms with E-state index in [2.05, 4.69) is 6.92 Å². The molecule has 0 aliphatic carbocycles. The first-order chi connectivity index (χ1) is 13.0. The summed E-state index contributed by atoms with van der Waals surface area (Å²) in [6.07, 6.45) is 12.4. The fourth-order valence-electron chi connectivity index (χ4n) is 3.05. The largest absolute Gasteiger partial charge is 0.463 e. The SMILES string of the molecule is CCCCCCCCC(O)C(O)CCCCCCCC(=O)OCC(O)CC. The van der Waals surface area contributed by atoms with Crippen molar-refractivity contribution in [2.75, 3.05) is 6.61 Å². The minimum atomic E-state index is -0.611. The molecule has 0 fully saturated rings. The molecule has 0 aliphatic heterocycles. The lowest BCUT2D eigenvalue weighted by molar-refractivity contribution is -0.146. The van der Waals surface area contributed by atoms with Crippen molar-refractivity contribution in [3.05, 3.63) is 0 Å². The van der Waals surface area contributed by atoms with E-state index < -0.39 is 18.3 Å². The first-order valence-electron chi connectivity index (χ1n) is 11.2. The smallest absolute Gasteiger partial charge is 0.305 e. The van der Waals surface area contributed by atoms with Crippen LogP contribution in [0.2, 0.25) is 0 Å². The van der Waals surface area contributed by atoms with Crippen LogP contribution in [0.3, 0.4) is 0 Å². The minimum Gasteiger partial charge on any atom is -0.463 e. The van der Waals surface area contributed by atoms with Gasteiger partial charge in [-0.1, -0.05) is 78.1 Å². The fraction of sp³-hybridized carbons (Fsp3) is 0.955. The van der Waals surface area contributed by atoms with Gasteiger partial charge in [0.1, 0.15) is 6.61 Å². The van der Waals surface area contributed by atoms with E-state index in [1.54, 1.807) is 0 Å². The molecule has 0 heterocycles. The van der Waals surface area contributed by atoms with E-state index in [-0.39, 0.29) is 12.6 Å². The Morgan fingerprint density at radius 2 is 1.22 bits per heavy atom. The molecule has 0 spiro atoms.